The molecule has 1 atom stereocenters. The molecule has 0 radical (unpaired) electrons. The molecule has 27 heavy (non-hydrogen) atoms. The van der Waals surface area contributed by atoms with Crippen molar-refractivity contribution in [3.8, 4) is 11.5 Å². The first-order chi connectivity index (χ1) is 13.2. The Balaban J connectivity index is 1.80. The third-order valence-corrected chi connectivity index (χ3v) is 4.38. The normalized spacial score (nSPS) is 11.7. The van der Waals surface area contributed by atoms with Crippen LogP contribution in [0.15, 0.2) is 48.5 Å². The fourth-order valence-electron chi connectivity index (χ4n) is 2.83. The highest BCUT2D eigenvalue weighted by Crippen LogP contribution is 2.20. The molecule has 4 heteroatoms. The predicted molar refractivity (Wildman–Crippen MR) is 109 cm³/mol. The predicted octanol–water partition coefficient (Wildman–Crippen LogP) is 4.69. The van der Waals surface area contributed by atoms with Crippen LogP contribution in [0.5, 0.6) is 11.5 Å². The second-order valence-electron chi connectivity index (χ2n) is 6.63. The van der Waals surface area contributed by atoms with Gasteiger partial charge in [-0.25, -0.2) is 0 Å². The van der Waals surface area contributed by atoms with Gasteiger partial charge in [0.15, 0.2) is 6.10 Å². The van der Waals surface area contributed by atoms with Gasteiger partial charge in [-0.1, -0.05) is 50.2 Å². The first-order valence-corrected chi connectivity index (χ1v) is 9.86. The summed E-state index contributed by atoms with van der Waals surface area (Å²) in [5.74, 6) is 1.65. The van der Waals surface area contributed by atoms with Crippen LogP contribution in [0.4, 0.5) is 0 Å². The summed E-state index contributed by atoms with van der Waals surface area (Å²) in [7, 11) is 0. The zero-order valence-electron chi connectivity index (χ0n) is 16.7. The van der Waals surface area contributed by atoms with E-state index in [0.717, 1.165) is 42.9 Å². The monoisotopic (exact) mass is 369 g/mol. The van der Waals surface area contributed by atoms with Gasteiger partial charge in [-0.3, -0.25) is 4.79 Å². The lowest BCUT2D eigenvalue weighted by Gasteiger charge is -2.18. The molecule has 0 saturated carbocycles. The number of rotatable bonds is 11. The molecule has 146 valence electrons. The maximum absolute atomic E-state index is 12.4. The minimum Gasteiger partial charge on any atom is -0.493 e. The third-order valence-electron chi connectivity index (χ3n) is 4.38. The summed E-state index contributed by atoms with van der Waals surface area (Å²) < 4.78 is 11.7. The minimum absolute atomic E-state index is 0.0590. The van der Waals surface area contributed by atoms with Crippen molar-refractivity contribution in [3.05, 3.63) is 59.7 Å². The molecule has 4 nitrogen and oxygen atoms in total. The van der Waals surface area contributed by atoms with Crippen LogP contribution in [0, 0.1) is 6.92 Å². The quantitative estimate of drug-likeness (QED) is 0.585. The van der Waals surface area contributed by atoms with Crippen molar-refractivity contribution in [2.75, 3.05) is 13.2 Å². The first-order valence-electron chi connectivity index (χ1n) is 9.86. The number of carbonyl (C=O) groups excluding carboxylic acids is 1. The van der Waals surface area contributed by atoms with Crippen molar-refractivity contribution >= 4 is 5.91 Å². The van der Waals surface area contributed by atoms with Crippen LogP contribution in [-0.2, 0) is 11.2 Å². The molecule has 0 spiro atoms. The number of para-hydroxylation sites is 2. The number of ether oxygens (including phenoxy) is 2. The van der Waals surface area contributed by atoms with Crippen molar-refractivity contribution in [1.82, 2.24) is 5.32 Å². The van der Waals surface area contributed by atoms with Gasteiger partial charge in [-0.2, -0.15) is 0 Å². The van der Waals surface area contributed by atoms with Gasteiger partial charge in [0.1, 0.15) is 11.5 Å². The summed E-state index contributed by atoms with van der Waals surface area (Å²) >= 11 is 0. The number of nitrogens with one attached hydrogen (secondary N) is 1. The molecule has 1 amide bonds. The van der Waals surface area contributed by atoms with E-state index in [0.29, 0.717) is 13.0 Å². The van der Waals surface area contributed by atoms with Gasteiger partial charge in [0.2, 0.25) is 0 Å². The number of amides is 1. The van der Waals surface area contributed by atoms with Crippen molar-refractivity contribution < 1.29 is 14.3 Å². The maximum atomic E-state index is 12.4. The molecule has 0 heterocycles. The molecular weight excluding hydrogens is 338 g/mol. The van der Waals surface area contributed by atoms with E-state index < -0.39 is 6.10 Å². The van der Waals surface area contributed by atoms with Crippen LogP contribution in [0.3, 0.4) is 0 Å². The standard InChI is InChI=1S/C23H31NO3/c1-4-17-26-22-15-9-7-12-19(22)13-10-16-24-23(25)20(5-2)27-21-14-8-6-11-18(21)3/h6-9,11-12,14-15,20H,4-5,10,13,16-17H2,1-3H3,(H,24,25). The lowest BCUT2D eigenvalue weighted by Crippen LogP contribution is -2.38. The zero-order valence-corrected chi connectivity index (χ0v) is 16.7. The van der Waals surface area contributed by atoms with Gasteiger partial charge in [0.25, 0.3) is 5.91 Å². The molecular formula is C23H31NO3. The molecule has 1 N–H and O–H groups in total. The highest BCUT2D eigenvalue weighted by molar-refractivity contribution is 5.81. The molecule has 0 aliphatic heterocycles. The van der Waals surface area contributed by atoms with Crippen LogP contribution in [0.1, 0.15) is 44.2 Å². The Hall–Kier alpha value is -2.49. The van der Waals surface area contributed by atoms with Gasteiger partial charge in [0.05, 0.1) is 6.61 Å². The SMILES string of the molecule is CCCOc1ccccc1CCCNC(=O)C(CC)Oc1ccccc1C. The van der Waals surface area contributed by atoms with Crippen molar-refractivity contribution in [1.29, 1.82) is 0 Å². The summed E-state index contributed by atoms with van der Waals surface area (Å²) in [6, 6.07) is 15.9. The highest BCUT2D eigenvalue weighted by atomic mass is 16.5. The molecule has 2 aromatic carbocycles. The first kappa shape index (κ1) is 20.8. The molecule has 1 unspecified atom stereocenters. The maximum Gasteiger partial charge on any atom is 0.261 e. The Labute approximate surface area is 162 Å². The number of benzene rings is 2. The third kappa shape index (κ3) is 6.63. The number of aryl methyl sites for hydroxylation is 2. The Bertz CT molecular complexity index is 714. The van der Waals surface area contributed by atoms with E-state index in [2.05, 4.69) is 18.3 Å². The molecule has 0 aromatic heterocycles. The molecule has 0 fully saturated rings. The van der Waals surface area contributed by atoms with E-state index in [1.54, 1.807) is 0 Å². The number of hydrogen-bond acceptors (Lipinski definition) is 3. The second kappa shape index (κ2) is 11.3. The van der Waals surface area contributed by atoms with Crippen LogP contribution < -0.4 is 14.8 Å². The fourth-order valence-corrected chi connectivity index (χ4v) is 2.83. The molecule has 0 saturated heterocycles. The molecule has 0 bridgehead atoms. The van der Waals surface area contributed by atoms with Crippen LogP contribution in [0.25, 0.3) is 0 Å². The Morgan fingerprint density at radius 3 is 2.44 bits per heavy atom. The molecule has 0 aliphatic carbocycles. The smallest absolute Gasteiger partial charge is 0.261 e. The number of carbonyl (C=O) groups is 1. The second-order valence-corrected chi connectivity index (χ2v) is 6.63. The Morgan fingerprint density at radius 2 is 1.74 bits per heavy atom. The lowest BCUT2D eigenvalue weighted by molar-refractivity contribution is -0.128. The van der Waals surface area contributed by atoms with Gasteiger partial charge >= 0.3 is 0 Å². The summed E-state index contributed by atoms with van der Waals surface area (Å²) in [6.07, 6.45) is 2.89. The van der Waals surface area contributed by atoms with Gasteiger partial charge < -0.3 is 14.8 Å². The van der Waals surface area contributed by atoms with Crippen LogP contribution >= 0.6 is 0 Å². The van der Waals surface area contributed by atoms with E-state index in [1.165, 1.54) is 5.56 Å². The van der Waals surface area contributed by atoms with Gasteiger partial charge in [-0.15, -0.1) is 0 Å². The lowest BCUT2D eigenvalue weighted by atomic mass is 10.1. The summed E-state index contributed by atoms with van der Waals surface area (Å²) in [6.45, 7) is 7.39. The van der Waals surface area contributed by atoms with Gasteiger partial charge in [0, 0.05) is 6.54 Å². The summed E-state index contributed by atoms with van der Waals surface area (Å²) in [5.41, 5.74) is 2.22. The van der Waals surface area contributed by atoms with Crippen LogP contribution in [-0.4, -0.2) is 25.2 Å². The van der Waals surface area contributed by atoms with E-state index in [1.807, 2.05) is 56.3 Å². The van der Waals surface area contributed by atoms with Gasteiger partial charge in [-0.05, 0) is 55.9 Å². The molecule has 0 aliphatic rings. The van der Waals surface area contributed by atoms with E-state index in [9.17, 15) is 4.79 Å². The van der Waals surface area contributed by atoms with E-state index in [-0.39, 0.29) is 5.91 Å². The highest BCUT2D eigenvalue weighted by Gasteiger charge is 2.18. The zero-order chi connectivity index (χ0) is 19.5. The van der Waals surface area contributed by atoms with Crippen molar-refractivity contribution in [2.45, 2.75) is 52.6 Å². The molecule has 2 rings (SSSR count). The molecule has 2 aromatic rings. The average molecular weight is 370 g/mol. The largest absolute Gasteiger partial charge is 0.493 e. The van der Waals surface area contributed by atoms with Crippen LogP contribution in [0.2, 0.25) is 0 Å². The van der Waals surface area contributed by atoms with E-state index >= 15 is 0 Å². The summed E-state index contributed by atoms with van der Waals surface area (Å²) in [4.78, 5) is 12.4. The Morgan fingerprint density at radius 1 is 1.04 bits per heavy atom. The minimum atomic E-state index is -0.466. The Kier molecular flexibility index (Phi) is 8.69. The van der Waals surface area contributed by atoms with E-state index in [4.69, 9.17) is 9.47 Å². The topological polar surface area (TPSA) is 47.6 Å². The average Bonchev–Trinajstić information content (AvgIpc) is 2.69. The van der Waals surface area contributed by atoms with Crippen molar-refractivity contribution in [2.24, 2.45) is 0 Å². The number of hydrogen-bond donors (Lipinski definition) is 1. The fraction of sp³-hybridized carbons (Fsp3) is 0.435. The summed E-state index contributed by atoms with van der Waals surface area (Å²) in [5, 5.41) is 3.00. The van der Waals surface area contributed by atoms with Crippen molar-refractivity contribution in [3.63, 3.8) is 0 Å².